The van der Waals surface area contributed by atoms with E-state index in [1.807, 2.05) is 33.7 Å². The van der Waals surface area contributed by atoms with Crippen molar-refractivity contribution in [1.82, 2.24) is 29.2 Å². The van der Waals surface area contributed by atoms with Gasteiger partial charge in [0, 0.05) is 54.4 Å². The monoisotopic (exact) mass is 522 g/mol. The Labute approximate surface area is 226 Å². The molecule has 1 aromatic carbocycles. The lowest BCUT2D eigenvalue weighted by molar-refractivity contribution is -0.132. The van der Waals surface area contributed by atoms with Crippen LogP contribution in [0.5, 0.6) is 0 Å². The average molecular weight is 523 g/mol. The number of nitrogens with one attached hydrogen (secondary N) is 1. The van der Waals surface area contributed by atoms with Crippen LogP contribution in [0.3, 0.4) is 0 Å². The number of benzene rings is 1. The molecule has 2 unspecified atom stereocenters. The van der Waals surface area contributed by atoms with Crippen molar-refractivity contribution in [3.8, 4) is 11.3 Å². The van der Waals surface area contributed by atoms with Gasteiger partial charge in [0.05, 0.1) is 0 Å². The number of piperazine rings is 1. The minimum absolute atomic E-state index is 0.0970. The molecule has 0 radical (unpaired) electrons. The third-order valence-corrected chi connectivity index (χ3v) is 7.71. The van der Waals surface area contributed by atoms with Crippen LogP contribution < -0.4 is 11.1 Å². The van der Waals surface area contributed by atoms with Gasteiger partial charge < -0.3 is 16.0 Å². The summed E-state index contributed by atoms with van der Waals surface area (Å²) in [4.78, 5) is 43.7. The van der Waals surface area contributed by atoms with Gasteiger partial charge in [-0.1, -0.05) is 24.8 Å². The minimum atomic E-state index is -0.261. The third kappa shape index (κ3) is 4.13. The Balaban J connectivity index is 1.40. The molecule has 5 heterocycles. The van der Waals surface area contributed by atoms with Crippen molar-refractivity contribution < 1.29 is 9.59 Å². The van der Waals surface area contributed by atoms with Crippen LogP contribution in [0.1, 0.15) is 42.5 Å². The predicted molar refractivity (Wildman–Crippen MR) is 149 cm³/mol. The molecule has 10 nitrogen and oxygen atoms in total. The number of nitrogens with two attached hydrogens (primary N) is 1. The van der Waals surface area contributed by atoms with Gasteiger partial charge in [0.1, 0.15) is 34.7 Å². The van der Waals surface area contributed by atoms with Crippen molar-refractivity contribution in [3.63, 3.8) is 0 Å². The first kappa shape index (κ1) is 24.7. The van der Waals surface area contributed by atoms with E-state index in [0.717, 1.165) is 24.4 Å². The summed E-state index contributed by atoms with van der Waals surface area (Å²) in [6.07, 6.45) is 7.38. The molecular formula is C29H30N8O2. The van der Waals surface area contributed by atoms with Crippen LogP contribution >= 0.6 is 0 Å². The molecule has 3 N–H and O–H groups in total. The summed E-state index contributed by atoms with van der Waals surface area (Å²) >= 11 is 0. The van der Waals surface area contributed by atoms with Crippen molar-refractivity contribution in [1.29, 1.82) is 0 Å². The molecule has 2 saturated heterocycles. The standard InChI is InChI=1S/C29H30N8O2/c1-4-23(38)37-20-15-21(36(16-20)17(2)3)25(37)28-34-24(26-27(30)32-13-14-35(26)28)18-8-10-19(11-9-18)29(39)33-22-7-5-6-12-31-22/h4-14,17,20-21,25H,1,15-16H2,2-3H3,(H2,30,32)(H,31,33,39)/t20?,21-,25?/m0/s1. The molecule has 2 aliphatic rings. The highest BCUT2D eigenvalue weighted by Crippen LogP contribution is 2.46. The predicted octanol–water partition coefficient (Wildman–Crippen LogP) is 3.55. The molecule has 39 heavy (non-hydrogen) atoms. The molecule has 0 saturated carbocycles. The summed E-state index contributed by atoms with van der Waals surface area (Å²) in [5.41, 5.74) is 8.99. The van der Waals surface area contributed by atoms with Gasteiger partial charge in [0.15, 0.2) is 0 Å². The normalized spacial score (nSPS) is 20.6. The highest BCUT2D eigenvalue weighted by atomic mass is 16.2. The molecule has 0 spiro atoms. The first-order valence-electron chi connectivity index (χ1n) is 13.0. The zero-order valence-corrected chi connectivity index (χ0v) is 21.9. The number of nitrogens with zero attached hydrogens (tertiary/aromatic N) is 6. The van der Waals surface area contributed by atoms with Crippen molar-refractivity contribution >= 4 is 29.0 Å². The fourth-order valence-electron chi connectivity index (χ4n) is 6.01. The number of rotatable bonds is 6. The van der Waals surface area contributed by atoms with Crippen LogP contribution in [0.4, 0.5) is 11.6 Å². The lowest BCUT2D eigenvalue weighted by atomic mass is 10.1. The Morgan fingerprint density at radius 3 is 2.62 bits per heavy atom. The topological polar surface area (TPSA) is 122 Å². The third-order valence-electron chi connectivity index (χ3n) is 7.71. The van der Waals surface area contributed by atoms with Crippen LogP contribution in [0.25, 0.3) is 16.8 Å². The summed E-state index contributed by atoms with van der Waals surface area (Å²) in [6, 6.07) is 12.8. The van der Waals surface area contributed by atoms with Crippen molar-refractivity contribution in [2.75, 3.05) is 17.6 Å². The second kappa shape index (κ2) is 9.63. The molecular weight excluding hydrogens is 492 g/mol. The van der Waals surface area contributed by atoms with Crippen LogP contribution in [-0.2, 0) is 4.79 Å². The molecule has 2 fully saturated rings. The molecule has 2 amide bonds. The largest absolute Gasteiger partial charge is 0.382 e. The first-order valence-corrected chi connectivity index (χ1v) is 13.0. The van der Waals surface area contributed by atoms with Crippen molar-refractivity contribution in [2.24, 2.45) is 0 Å². The van der Waals surface area contributed by atoms with Crippen LogP contribution in [0.2, 0.25) is 0 Å². The molecule has 0 aliphatic carbocycles. The SMILES string of the molecule is C=CC(=O)N1C2C[C@@H](C1c1nc(-c3ccc(C(=O)Nc4ccccn4)cc3)c3c(N)nccn13)N(C(C)C)C2. The molecule has 198 valence electrons. The van der Waals surface area contributed by atoms with Crippen LogP contribution in [0, 0.1) is 0 Å². The molecule has 10 heteroatoms. The van der Waals surface area contributed by atoms with E-state index in [-0.39, 0.29) is 29.9 Å². The molecule has 2 bridgehead atoms. The van der Waals surface area contributed by atoms with Crippen LogP contribution in [-0.4, -0.2) is 65.6 Å². The highest BCUT2D eigenvalue weighted by Gasteiger charge is 2.54. The van der Waals surface area contributed by atoms with E-state index in [4.69, 9.17) is 10.7 Å². The number of likely N-dealkylation sites (tertiary alicyclic amines) is 2. The maximum Gasteiger partial charge on any atom is 0.256 e. The molecule has 3 aromatic heterocycles. The van der Waals surface area contributed by atoms with Gasteiger partial charge in [-0.2, -0.15) is 0 Å². The van der Waals surface area contributed by atoms with E-state index in [0.29, 0.717) is 34.5 Å². The Hall–Kier alpha value is -4.57. The highest BCUT2D eigenvalue weighted by molar-refractivity contribution is 6.04. The minimum Gasteiger partial charge on any atom is -0.382 e. The summed E-state index contributed by atoms with van der Waals surface area (Å²) in [5.74, 6) is 1.20. The van der Waals surface area contributed by atoms with E-state index in [9.17, 15) is 9.59 Å². The Bertz CT molecular complexity index is 1560. The molecule has 3 atom stereocenters. The second-order valence-corrected chi connectivity index (χ2v) is 10.2. The zero-order chi connectivity index (χ0) is 27.3. The first-order chi connectivity index (χ1) is 18.9. The quantitative estimate of drug-likeness (QED) is 0.372. The van der Waals surface area contributed by atoms with Gasteiger partial charge in [0.25, 0.3) is 5.91 Å². The van der Waals surface area contributed by atoms with E-state index in [1.54, 1.807) is 36.7 Å². The molecule has 2 aliphatic heterocycles. The maximum absolute atomic E-state index is 13.0. The van der Waals surface area contributed by atoms with Gasteiger partial charge in [0.2, 0.25) is 5.91 Å². The van der Waals surface area contributed by atoms with Gasteiger partial charge in [-0.3, -0.25) is 18.9 Å². The number of nitrogen functional groups attached to an aromatic ring is 1. The number of hydrogen-bond acceptors (Lipinski definition) is 7. The number of carbonyl (C=O) groups excluding carboxylic acids is 2. The summed E-state index contributed by atoms with van der Waals surface area (Å²) in [6.45, 7) is 8.95. The zero-order valence-electron chi connectivity index (χ0n) is 21.9. The smallest absolute Gasteiger partial charge is 0.256 e. The fraction of sp³-hybridized carbons (Fsp3) is 0.276. The van der Waals surface area contributed by atoms with Gasteiger partial charge in [-0.25, -0.2) is 15.0 Å². The van der Waals surface area contributed by atoms with Crippen LogP contribution in [0.15, 0.2) is 73.7 Å². The Morgan fingerprint density at radius 1 is 1.13 bits per heavy atom. The molecule has 4 aromatic rings. The van der Waals surface area contributed by atoms with Gasteiger partial charge in [-0.05, 0) is 50.6 Å². The fourth-order valence-corrected chi connectivity index (χ4v) is 6.01. The summed E-state index contributed by atoms with van der Waals surface area (Å²) in [5, 5.41) is 2.80. The number of pyridine rings is 1. The second-order valence-electron chi connectivity index (χ2n) is 10.2. The van der Waals surface area contributed by atoms with Crippen molar-refractivity contribution in [3.05, 3.63) is 85.1 Å². The summed E-state index contributed by atoms with van der Waals surface area (Å²) < 4.78 is 1.95. The summed E-state index contributed by atoms with van der Waals surface area (Å²) in [7, 11) is 0. The van der Waals surface area contributed by atoms with Gasteiger partial charge in [-0.15, -0.1) is 0 Å². The van der Waals surface area contributed by atoms with E-state index < -0.39 is 0 Å². The number of aromatic nitrogens is 4. The van der Waals surface area contributed by atoms with Crippen molar-refractivity contribution in [2.45, 2.75) is 44.4 Å². The molecule has 6 rings (SSSR count). The van der Waals surface area contributed by atoms with E-state index in [1.165, 1.54) is 6.08 Å². The lowest BCUT2D eigenvalue weighted by Gasteiger charge is -2.41. The van der Waals surface area contributed by atoms with E-state index >= 15 is 0 Å². The van der Waals surface area contributed by atoms with E-state index in [2.05, 4.69) is 40.6 Å². The van der Waals surface area contributed by atoms with Gasteiger partial charge >= 0.3 is 0 Å². The lowest BCUT2D eigenvalue weighted by Crippen LogP contribution is -2.52. The number of hydrogen-bond donors (Lipinski definition) is 2. The number of carbonyl (C=O) groups is 2. The number of imidazole rings is 1. The number of amides is 2. The maximum atomic E-state index is 13.0. The Kier molecular flexibility index (Phi) is 6.11. The number of anilines is 2. The average Bonchev–Trinajstić information content (AvgIpc) is 3.65. The number of fused-ring (bicyclic) bond motifs is 3. The Morgan fingerprint density at radius 2 is 1.92 bits per heavy atom.